The SMILES string of the molecule is Cc1ccc(S(=O)(=O)N2CCCCC2)cc1C(=O)OC(C)C(=O)Nc1ccc(F)cc1Cl. The zero-order chi connectivity index (χ0) is 23.5. The molecule has 1 atom stereocenters. The van der Waals surface area contributed by atoms with Crippen molar-refractivity contribution in [1.82, 2.24) is 4.31 Å². The van der Waals surface area contributed by atoms with Crippen molar-refractivity contribution in [2.75, 3.05) is 18.4 Å². The van der Waals surface area contributed by atoms with Crippen LogP contribution in [0.2, 0.25) is 5.02 Å². The molecule has 1 saturated heterocycles. The van der Waals surface area contributed by atoms with Crippen LogP contribution in [0.25, 0.3) is 0 Å². The number of aryl methyl sites for hydroxylation is 1. The average Bonchev–Trinajstić information content (AvgIpc) is 2.76. The van der Waals surface area contributed by atoms with E-state index in [-0.39, 0.29) is 21.2 Å². The van der Waals surface area contributed by atoms with E-state index in [1.165, 1.54) is 35.5 Å². The molecule has 0 aromatic heterocycles. The van der Waals surface area contributed by atoms with Gasteiger partial charge in [0.2, 0.25) is 10.0 Å². The number of anilines is 1. The van der Waals surface area contributed by atoms with Crippen LogP contribution >= 0.6 is 11.6 Å². The van der Waals surface area contributed by atoms with Crippen LogP contribution in [0.15, 0.2) is 41.3 Å². The van der Waals surface area contributed by atoms with E-state index >= 15 is 0 Å². The molecule has 0 aliphatic carbocycles. The highest BCUT2D eigenvalue weighted by atomic mass is 35.5. The number of hydrogen-bond donors (Lipinski definition) is 1. The Hall–Kier alpha value is -2.49. The molecule has 0 bridgehead atoms. The number of carbonyl (C=O) groups excluding carboxylic acids is 2. The first-order valence-electron chi connectivity index (χ1n) is 10.2. The maximum Gasteiger partial charge on any atom is 0.339 e. The molecular weight excluding hydrogens is 459 g/mol. The Kier molecular flexibility index (Phi) is 7.53. The molecular formula is C22H24ClFN2O5S. The number of rotatable bonds is 6. The summed E-state index contributed by atoms with van der Waals surface area (Å²) in [7, 11) is -3.73. The predicted octanol–water partition coefficient (Wildman–Crippen LogP) is 4.15. The average molecular weight is 483 g/mol. The van der Waals surface area contributed by atoms with Crippen molar-refractivity contribution in [3.05, 3.63) is 58.4 Å². The van der Waals surface area contributed by atoms with Crippen molar-refractivity contribution in [2.24, 2.45) is 0 Å². The Labute approximate surface area is 191 Å². The molecule has 1 N–H and O–H groups in total. The summed E-state index contributed by atoms with van der Waals surface area (Å²) in [5.41, 5.74) is 0.746. The molecule has 32 heavy (non-hydrogen) atoms. The Morgan fingerprint density at radius 2 is 1.81 bits per heavy atom. The molecule has 1 aliphatic heterocycles. The third kappa shape index (κ3) is 5.46. The summed E-state index contributed by atoms with van der Waals surface area (Å²) in [6.45, 7) is 3.91. The van der Waals surface area contributed by atoms with E-state index in [9.17, 15) is 22.4 Å². The van der Waals surface area contributed by atoms with Gasteiger partial charge in [-0.05, 0) is 62.6 Å². The Morgan fingerprint density at radius 1 is 1.12 bits per heavy atom. The van der Waals surface area contributed by atoms with Gasteiger partial charge in [0, 0.05) is 13.1 Å². The highest BCUT2D eigenvalue weighted by molar-refractivity contribution is 7.89. The minimum absolute atomic E-state index is 0.00309. The van der Waals surface area contributed by atoms with Crippen molar-refractivity contribution >= 4 is 39.2 Å². The Morgan fingerprint density at radius 3 is 2.47 bits per heavy atom. The highest BCUT2D eigenvalue weighted by Gasteiger charge is 2.28. The number of nitrogens with zero attached hydrogens (tertiary/aromatic N) is 1. The van der Waals surface area contributed by atoms with Crippen LogP contribution in [-0.4, -0.2) is 43.8 Å². The van der Waals surface area contributed by atoms with Crippen LogP contribution < -0.4 is 5.32 Å². The van der Waals surface area contributed by atoms with Crippen molar-refractivity contribution in [3.63, 3.8) is 0 Å². The Bertz CT molecular complexity index is 1130. The van der Waals surface area contributed by atoms with Gasteiger partial charge < -0.3 is 10.1 Å². The number of benzene rings is 2. The number of piperidine rings is 1. The van der Waals surface area contributed by atoms with Gasteiger partial charge in [-0.3, -0.25) is 4.79 Å². The van der Waals surface area contributed by atoms with Crippen LogP contribution in [0.3, 0.4) is 0 Å². The maximum atomic E-state index is 13.2. The normalized spacial score (nSPS) is 15.8. The third-order valence-corrected chi connectivity index (χ3v) is 7.43. The van der Waals surface area contributed by atoms with Crippen LogP contribution in [0, 0.1) is 12.7 Å². The topological polar surface area (TPSA) is 92.8 Å². The van der Waals surface area contributed by atoms with Crippen molar-refractivity contribution in [2.45, 2.75) is 44.1 Å². The quantitative estimate of drug-likeness (QED) is 0.624. The fourth-order valence-electron chi connectivity index (χ4n) is 3.34. The van der Waals surface area contributed by atoms with E-state index < -0.39 is 33.8 Å². The molecule has 0 spiro atoms. The van der Waals surface area contributed by atoms with Crippen LogP contribution in [0.5, 0.6) is 0 Å². The summed E-state index contributed by atoms with van der Waals surface area (Å²) in [6.07, 6.45) is 1.38. The van der Waals surface area contributed by atoms with Gasteiger partial charge in [0.1, 0.15) is 5.82 Å². The molecule has 2 aromatic rings. The molecule has 0 radical (unpaired) electrons. The summed E-state index contributed by atoms with van der Waals surface area (Å²) >= 11 is 5.90. The first kappa shape index (κ1) is 24.2. The molecule has 7 nitrogen and oxygen atoms in total. The van der Waals surface area contributed by atoms with Crippen molar-refractivity contribution in [1.29, 1.82) is 0 Å². The zero-order valence-electron chi connectivity index (χ0n) is 17.7. The first-order valence-corrected chi connectivity index (χ1v) is 12.0. The third-order valence-electron chi connectivity index (χ3n) is 5.22. The molecule has 0 saturated carbocycles. The maximum absolute atomic E-state index is 13.2. The van der Waals surface area contributed by atoms with E-state index in [0.29, 0.717) is 18.7 Å². The number of ether oxygens (including phenoxy) is 1. The first-order chi connectivity index (χ1) is 15.1. The molecule has 1 amide bonds. The molecule has 1 aliphatic rings. The smallest absolute Gasteiger partial charge is 0.339 e. The second kappa shape index (κ2) is 9.97. The lowest BCUT2D eigenvalue weighted by atomic mass is 10.1. The van der Waals surface area contributed by atoms with Gasteiger partial charge in [0.25, 0.3) is 5.91 Å². The number of amides is 1. The lowest BCUT2D eigenvalue weighted by molar-refractivity contribution is -0.123. The van der Waals surface area contributed by atoms with Crippen molar-refractivity contribution < 1.29 is 27.1 Å². The lowest BCUT2D eigenvalue weighted by Crippen LogP contribution is -2.35. The predicted molar refractivity (Wildman–Crippen MR) is 119 cm³/mol. The van der Waals surface area contributed by atoms with Gasteiger partial charge in [-0.2, -0.15) is 4.31 Å². The molecule has 1 fully saturated rings. The van der Waals surface area contributed by atoms with E-state index in [1.54, 1.807) is 6.92 Å². The van der Waals surface area contributed by atoms with E-state index in [0.717, 1.165) is 31.4 Å². The fraction of sp³-hybridized carbons (Fsp3) is 0.364. The van der Waals surface area contributed by atoms with Crippen LogP contribution in [0.4, 0.5) is 10.1 Å². The number of halogens is 2. The summed E-state index contributed by atoms with van der Waals surface area (Å²) in [5, 5.41) is 2.47. The molecule has 172 valence electrons. The molecule has 10 heteroatoms. The fourth-order valence-corrected chi connectivity index (χ4v) is 5.10. The summed E-state index contributed by atoms with van der Waals surface area (Å²) in [6, 6.07) is 7.76. The summed E-state index contributed by atoms with van der Waals surface area (Å²) in [5.74, 6) is -2.05. The largest absolute Gasteiger partial charge is 0.449 e. The number of hydrogen-bond acceptors (Lipinski definition) is 5. The second-order valence-corrected chi connectivity index (χ2v) is 9.95. The van der Waals surface area contributed by atoms with E-state index in [2.05, 4.69) is 5.32 Å². The summed E-state index contributed by atoms with van der Waals surface area (Å²) in [4.78, 5) is 25.1. The van der Waals surface area contributed by atoms with E-state index in [4.69, 9.17) is 16.3 Å². The molecule has 1 heterocycles. The highest BCUT2D eigenvalue weighted by Crippen LogP contribution is 2.25. The minimum Gasteiger partial charge on any atom is -0.449 e. The van der Waals surface area contributed by atoms with Gasteiger partial charge in [0.15, 0.2) is 6.10 Å². The van der Waals surface area contributed by atoms with E-state index in [1.807, 2.05) is 0 Å². The Balaban J connectivity index is 1.74. The number of sulfonamides is 1. The van der Waals surface area contributed by atoms with Gasteiger partial charge in [-0.15, -0.1) is 0 Å². The van der Waals surface area contributed by atoms with Gasteiger partial charge in [-0.1, -0.05) is 24.1 Å². The number of nitrogens with one attached hydrogen (secondary N) is 1. The zero-order valence-corrected chi connectivity index (χ0v) is 19.3. The monoisotopic (exact) mass is 482 g/mol. The molecule has 2 aromatic carbocycles. The van der Waals surface area contributed by atoms with Crippen LogP contribution in [-0.2, 0) is 19.6 Å². The van der Waals surface area contributed by atoms with Gasteiger partial charge >= 0.3 is 5.97 Å². The molecule has 1 unspecified atom stereocenters. The summed E-state index contributed by atoms with van der Waals surface area (Å²) < 4.78 is 45.7. The van der Waals surface area contributed by atoms with Crippen LogP contribution in [0.1, 0.15) is 42.1 Å². The lowest BCUT2D eigenvalue weighted by Gasteiger charge is -2.26. The van der Waals surface area contributed by atoms with Crippen molar-refractivity contribution in [3.8, 4) is 0 Å². The number of esters is 1. The second-order valence-electron chi connectivity index (χ2n) is 7.60. The minimum atomic E-state index is -3.73. The number of carbonyl (C=O) groups is 2. The molecule has 3 rings (SSSR count). The van der Waals surface area contributed by atoms with Gasteiger partial charge in [0.05, 0.1) is 21.2 Å². The standard InChI is InChI=1S/C22H24ClFN2O5S/c1-14-6-8-17(32(29,30)26-10-4-3-5-11-26)13-18(14)22(28)31-15(2)21(27)25-20-9-7-16(24)12-19(20)23/h6-9,12-13,15H,3-5,10-11H2,1-2H3,(H,25,27). The van der Waals surface area contributed by atoms with Gasteiger partial charge in [-0.25, -0.2) is 17.6 Å².